The van der Waals surface area contributed by atoms with Crippen molar-refractivity contribution in [2.45, 2.75) is 0 Å². The van der Waals surface area contributed by atoms with Crippen LogP contribution in [0.4, 0.5) is 0 Å². The minimum absolute atomic E-state index is 0.842. The molecule has 0 aromatic heterocycles. The molecule has 0 aliphatic rings. The fourth-order valence-corrected chi connectivity index (χ4v) is 0.366. The lowest BCUT2D eigenvalue weighted by Crippen LogP contribution is -2.06. The van der Waals surface area contributed by atoms with Gasteiger partial charge in [0.15, 0.2) is 0 Å². The Balaban J connectivity index is 2.19. The molecule has 0 amide bonds. The lowest BCUT2D eigenvalue weighted by atomic mass is 11.5. The van der Waals surface area contributed by atoms with Gasteiger partial charge in [-0.15, -0.1) is 0 Å². The molecule has 0 rings (SSSR count). The fourth-order valence-electron chi connectivity index (χ4n) is 0.0546. The Morgan fingerprint density at radius 2 is 2.60 bits per heavy atom. The third-order valence-corrected chi connectivity index (χ3v) is 0.510. The van der Waals surface area contributed by atoms with Crippen molar-refractivity contribution in [3.63, 3.8) is 0 Å². The monoisotopic (exact) mass is 187 g/mol. The molecule has 0 spiro atoms. The topological polar surface area (TPSA) is 21.3 Å². The molecule has 0 saturated carbocycles. The predicted molar refractivity (Wildman–Crippen MR) is 29.0 cm³/mol. The van der Waals surface area contributed by atoms with Crippen LogP contribution in [0.15, 0.2) is 0 Å². The maximum atomic E-state index is 4.43. The molecule has 2 nitrogen and oxygen atoms in total. The number of nitrogens with one attached hydrogen (secondary N) is 1. The SMILES string of the molecule is CONCI. The van der Waals surface area contributed by atoms with Crippen molar-refractivity contribution in [2.24, 2.45) is 0 Å². The van der Waals surface area contributed by atoms with E-state index in [1.807, 2.05) is 0 Å². The van der Waals surface area contributed by atoms with Gasteiger partial charge in [-0.25, -0.2) is 0 Å². The van der Waals surface area contributed by atoms with Gasteiger partial charge >= 0.3 is 0 Å². The third-order valence-electron chi connectivity index (χ3n) is 0.199. The predicted octanol–water partition coefficient (Wildman–Crippen LogP) is 0.530. The molecule has 0 atom stereocenters. The Labute approximate surface area is 45.0 Å². The summed E-state index contributed by atoms with van der Waals surface area (Å²) < 4.78 is 0.842. The second-order valence-electron chi connectivity index (χ2n) is 0.482. The van der Waals surface area contributed by atoms with Crippen molar-refractivity contribution >= 4 is 22.6 Å². The van der Waals surface area contributed by atoms with Gasteiger partial charge in [-0.05, 0) is 0 Å². The van der Waals surface area contributed by atoms with Gasteiger partial charge in [0.1, 0.15) is 0 Å². The molecular weight excluding hydrogens is 181 g/mol. The summed E-state index contributed by atoms with van der Waals surface area (Å²) in [5.74, 6) is 0. The van der Waals surface area contributed by atoms with Gasteiger partial charge in [-0.2, -0.15) is 5.48 Å². The normalized spacial score (nSPS) is 8.40. The number of hydroxylamine groups is 1. The first kappa shape index (κ1) is 5.65. The number of hydrogen-bond acceptors (Lipinski definition) is 2. The molecule has 3 heteroatoms. The molecule has 0 aliphatic carbocycles. The summed E-state index contributed by atoms with van der Waals surface area (Å²) in [5, 5.41) is 0. The highest BCUT2D eigenvalue weighted by atomic mass is 127. The molecule has 0 aromatic carbocycles. The first-order valence-electron chi connectivity index (χ1n) is 1.23. The molecule has 0 saturated heterocycles. The minimum atomic E-state index is 0.842. The largest absolute Gasteiger partial charge is 0.304 e. The summed E-state index contributed by atoms with van der Waals surface area (Å²) >= 11 is 2.15. The Bertz CT molecular complexity index is 17.1. The summed E-state index contributed by atoms with van der Waals surface area (Å²) in [5.41, 5.74) is 2.60. The van der Waals surface area contributed by atoms with Crippen LogP contribution in [0.5, 0.6) is 0 Å². The summed E-state index contributed by atoms with van der Waals surface area (Å²) in [6.07, 6.45) is 0. The van der Waals surface area contributed by atoms with Crippen LogP contribution in [-0.2, 0) is 4.84 Å². The maximum absolute atomic E-state index is 4.43. The zero-order chi connectivity index (χ0) is 4.12. The van der Waals surface area contributed by atoms with E-state index in [0.29, 0.717) is 0 Å². The number of halogens is 1. The molecule has 0 radical (unpaired) electrons. The maximum Gasteiger partial charge on any atom is 0.0727 e. The Kier molecular flexibility index (Phi) is 5.25. The Morgan fingerprint density at radius 1 is 2.00 bits per heavy atom. The molecule has 0 unspecified atom stereocenters. The van der Waals surface area contributed by atoms with Crippen molar-refractivity contribution in [1.82, 2.24) is 5.48 Å². The second kappa shape index (κ2) is 4.65. The van der Waals surface area contributed by atoms with Gasteiger partial charge in [0.05, 0.1) is 11.7 Å². The smallest absolute Gasteiger partial charge is 0.0727 e. The van der Waals surface area contributed by atoms with Gasteiger partial charge in [0.25, 0.3) is 0 Å². The zero-order valence-corrected chi connectivity index (χ0v) is 5.15. The highest BCUT2D eigenvalue weighted by Crippen LogP contribution is 1.69. The first-order chi connectivity index (χ1) is 2.41. The van der Waals surface area contributed by atoms with Crippen molar-refractivity contribution in [3.8, 4) is 0 Å². The van der Waals surface area contributed by atoms with Crippen molar-refractivity contribution < 1.29 is 4.84 Å². The second-order valence-corrected chi connectivity index (χ2v) is 1.24. The Morgan fingerprint density at radius 3 is 2.60 bits per heavy atom. The number of rotatable bonds is 2. The van der Waals surface area contributed by atoms with Crippen molar-refractivity contribution in [2.75, 3.05) is 11.7 Å². The molecule has 1 N–H and O–H groups in total. The van der Waals surface area contributed by atoms with Crippen LogP contribution in [0.25, 0.3) is 0 Å². The first-order valence-corrected chi connectivity index (χ1v) is 2.76. The molecule has 0 bridgehead atoms. The van der Waals surface area contributed by atoms with Crippen LogP contribution in [-0.4, -0.2) is 11.7 Å². The van der Waals surface area contributed by atoms with Crippen LogP contribution in [0.2, 0.25) is 0 Å². The quantitative estimate of drug-likeness (QED) is 0.294. The van der Waals surface area contributed by atoms with Crippen molar-refractivity contribution in [1.29, 1.82) is 0 Å². The van der Waals surface area contributed by atoms with Crippen LogP contribution in [0, 0.1) is 0 Å². The summed E-state index contributed by atoms with van der Waals surface area (Å²) in [6.45, 7) is 0. The minimum Gasteiger partial charge on any atom is -0.304 e. The van der Waals surface area contributed by atoms with E-state index in [1.165, 1.54) is 0 Å². The van der Waals surface area contributed by atoms with E-state index in [2.05, 4.69) is 32.9 Å². The zero-order valence-electron chi connectivity index (χ0n) is 2.99. The van der Waals surface area contributed by atoms with E-state index < -0.39 is 0 Å². The highest BCUT2D eigenvalue weighted by Gasteiger charge is 1.63. The average Bonchev–Trinajstić information content (AvgIpc) is 1.41. The lowest BCUT2D eigenvalue weighted by Gasteiger charge is -1.87. The fraction of sp³-hybridized carbons (Fsp3) is 1.00. The van der Waals surface area contributed by atoms with E-state index >= 15 is 0 Å². The highest BCUT2D eigenvalue weighted by molar-refractivity contribution is 14.1. The lowest BCUT2D eigenvalue weighted by molar-refractivity contribution is 0.110. The molecule has 0 heterocycles. The van der Waals surface area contributed by atoms with E-state index in [0.717, 1.165) is 4.55 Å². The van der Waals surface area contributed by atoms with Crippen LogP contribution in [0.1, 0.15) is 0 Å². The molecule has 0 aromatic rings. The van der Waals surface area contributed by atoms with E-state index in [4.69, 9.17) is 0 Å². The summed E-state index contributed by atoms with van der Waals surface area (Å²) in [7, 11) is 1.60. The standard InChI is InChI=1S/C2H6INO/c1-5-4-2-3/h4H,2H2,1H3. The third kappa shape index (κ3) is 4.65. The number of hydrogen-bond donors (Lipinski definition) is 1. The summed E-state index contributed by atoms with van der Waals surface area (Å²) in [4.78, 5) is 4.43. The van der Waals surface area contributed by atoms with E-state index in [9.17, 15) is 0 Å². The molecule has 32 valence electrons. The molecule has 0 fully saturated rings. The molecule has 0 aliphatic heterocycles. The average molecular weight is 187 g/mol. The number of alkyl halides is 1. The van der Waals surface area contributed by atoms with E-state index in [1.54, 1.807) is 7.11 Å². The Hall–Kier alpha value is 0.650. The van der Waals surface area contributed by atoms with E-state index in [-0.39, 0.29) is 0 Å². The van der Waals surface area contributed by atoms with Gasteiger partial charge < -0.3 is 4.84 Å². The summed E-state index contributed by atoms with van der Waals surface area (Å²) in [6, 6.07) is 0. The van der Waals surface area contributed by atoms with Gasteiger partial charge in [-0.3, -0.25) is 0 Å². The van der Waals surface area contributed by atoms with Crippen molar-refractivity contribution in [3.05, 3.63) is 0 Å². The van der Waals surface area contributed by atoms with Crippen LogP contribution >= 0.6 is 22.6 Å². The molecule has 5 heavy (non-hydrogen) atoms. The van der Waals surface area contributed by atoms with Gasteiger partial charge in [0.2, 0.25) is 0 Å². The molecular formula is C2H6INO. The van der Waals surface area contributed by atoms with Crippen LogP contribution < -0.4 is 5.48 Å². The van der Waals surface area contributed by atoms with Crippen LogP contribution in [0.3, 0.4) is 0 Å². The van der Waals surface area contributed by atoms with Gasteiger partial charge in [0, 0.05) is 0 Å². The van der Waals surface area contributed by atoms with Gasteiger partial charge in [-0.1, -0.05) is 22.6 Å².